The second kappa shape index (κ2) is 4.90. The van der Waals surface area contributed by atoms with Crippen LogP contribution < -0.4 is 5.32 Å². The van der Waals surface area contributed by atoms with Crippen LogP contribution in [-0.4, -0.2) is 28.7 Å². The Morgan fingerprint density at radius 1 is 1.81 bits per heavy atom. The lowest BCUT2D eigenvalue weighted by Gasteiger charge is -2.07. The Morgan fingerprint density at radius 2 is 2.62 bits per heavy atom. The fourth-order valence-electron chi connectivity index (χ4n) is 1.51. The molecular formula is C10H14N2O3S. The second-order valence-corrected chi connectivity index (χ2v) is 4.60. The van der Waals surface area contributed by atoms with Gasteiger partial charge in [-0.1, -0.05) is 0 Å². The van der Waals surface area contributed by atoms with Crippen LogP contribution in [0.5, 0.6) is 0 Å². The molecule has 2 rings (SSSR count). The minimum Gasteiger partial charge on any atom is -0.387 e. The molecule has 0 spiro atoms. The van der Waals surface area contributed by atoms with Gasteiger partial charge in [0.05, 0.1) is 11.8 Å². The number of anilines is 1. The maximum absolute atomic E-state index is 11.7. The molecule has 1 fully saturated rings. The number of carbonyl (C=O) groups is 1. The van der Waals surface area contributed by atoms with Crippen LogP contribution in [0.15, 0.2) is 5.38 Å². The molecule has 1 saturated heterocycles. The maximum atomic E-state index is 11.7. The Hall–Kier alpha value is -0.980. The lowest BCUT2D eigenvalue weighted by molar-refractivity contribution is -0.124. The third kappa shape index (κ3) is 2.58. The number of carbonyl (C=O) groups excluding carboxylic acids is 1. The molecule has 0 aliphatic carbocycles. The molecule has 88 valence electrons. The van der Waals surface area contributed by atoms with Crippen LogP contribution in [0.4, 0.5) is 5.13 Å². The van der Waals surface area contributed by atoms with E-state index in [4.69, 9.17) is 4.74 Å². The number of ether oxygens (including phenoxy) is 1. The topological polar surface area (TPSA) is 71.5 Å². The summed E-state index contributed by atoms with van der Waals surface area (Å²) in [5.41, 5.74) is 0.577. The highest BCUT2D eigenvalue weighted by Crippen LogP contribution is 2.21. The number of aliphatic hydroxyl groups excluding tert-OH is 1. The first kappa shape index (κ1) is 11.5. The number of thiazole rings is 1. The van der Waals surface area contributed by atoms with Crippen molar-refractivity contribution >= 4 is 22.4 Å². The molecule has 1 amide bonds. The van der Waals surface area contributed by atoms with Crippen molar-refractivity contribution in [1.82, 2.24) is 4.98 Å². The normalized spacial score (nSPS) is 22.0. The standard InChI is InChI=1S/C10H14N2O3S/c1-6(13)7-5-16-10(11-7)12-9(14)8-3-2-4-15-8/h5-6,8,13H,2-4H2,1H3,(H,11,12,14). The smallest absolute Gasteiger partial charge is 0.255 e. The van der Waals surface area contributed by atoms with E-state index in [-0.39, 0.29) is 12.0 Å². The summed E-state index contributed by atoms with van der Waals surface area (Å²) in [5, 5.41) is 14.2. The molecule has 1 aromatic heterocycles. The summed E-state index contributed by atoms with van der Waals surface area (Å²) >= 11 is 1.31. The Kier molecular flexibility index (Phi) is 3.52. The van der Waals surface area contributed by atoms with Crippen LogP contribution in [0.25, 0.3) is 0 Å². The Balaban J connectivity index is 1.95. The van der Waals surface area contributed by atoms with Gasteiger partial charge in [-0.3, -0.25) is 10.1 Å². The molecule has 0 radical (unpaired) electrons. The lowest BCUT2D eigenvalue weighted by Crippen LogP contribution is -2.26. The van der Waals surface area contributed by atoms with Crippen LogP contribution in [0, 0.1) is 0 Å². The highest BCUT2D eigenvalue weighted by molar-refractivity contribution is 7.13. The van der Waals surface area contributed by atoms with Crippen LogP contribution in [0.3, 0.4) is 0 Å². The molecular weight excluding hydrogens is 228 g/mol. The molecule has 0 bridgehead atoms. The van der Waals surface area contributed by atoms with E-state index in [1.54, 1.807) is 12.3 Å². The van der Waals surface area contributed by atoms with Crippen LogP contribution in [0.2, 0.25) is 0 Å². The summed E-state index contributed by atoms with van der Waals surface area (Å²) in [6, 6.07) is 0. The number of hydrogen-bond acceptors (Lipinski definition) is 5. The second-order valence-electron chi connectivity index (χ2n) is 3.74. The van der Waals surface area contributed by atoms with E-state index >= 15 is 0 Å². The van der Waals surface area contributed by atoms with Crippen molar-refractivity contribution < 1.29 is 14.6 Å². The SMILES string of the molecule is CC(O)c1csc(NC(=O)C2CCCO2)n1. The molecule has 2 N–H and O–H groups in total. The zero-order valence-corrected chi connectivity index (χ0v) is 9.79. The molecule has 1 aliphatic heterocycles. The highest BCUT2D eigenvalue weighted by Gasteiger charge is 2.24. The number of aromatic nitrogens is 1. The fourth-order valence-corrected chi connectivity index (χ4v) is 2.31. The van der Waals surface area contributed by atoms with Gasteiger partial charge in [0.15, 0.2) is 5.13 Å². The Bertz CT molecular complexity index is 372. The molecule has 0 aromatic carbocycles. The van der Waals surface area contributed by atoms with E-state index < -0.39 is 6.10 Å². The third-order valence-corrected chi connectivity index (χ3v) is 3.18. The maximum Gasteiger partial charge on any atom is 0.255 e. The van der Waals surface area contributed by atoms with E-state index in [0.29, 0.717) is 17.4 Å². The predicted molar refractivity (Wildman–Crippen MR) is 60.4 cm³/mol. The molecule has 1 aromatic rings. The molecule has 0 saturated carbocycles. The van der Waals surface area contributed by atoms with Gasteiger partial charge >= 0.3 is 0 Å². The van der Waals surface area contributed by atoms with E-state index in [2.05, 4.69) is 10.3 Å². The first-order chi connectivity index (χ1) is 7.66. The number of nitrogens with one attached hydrogen (secondary N) is 1. The van der Waals surface area contributed by atoms with Gasteiger partial charge in [-0.15, -0.1) is 11.3 Å². The van der Waals surface area contributed by atoms with Gasteiger partial charge in [0.25, 0.3) is 5.91 Å². The summed E-state index contributed by atoms with van der Waals surface area (Å²) in [7, 11) is 0. The van der Waals surface area contributed by atoms with Crippen molar-refractivity contribution in [3.05, 3.63) is 11.1 Å². The van der Waals surface area contributed by atoms with E-state index in [0.717, 1.165) is 12.8 Å². The van der Waals surface area contributed by atoms with Gasteiger partial charge in [0.2, 0.25) is 0 Å². The number of rotatable bonds is 3. The van der Waals surface area contributed by atoms with E-state index in [9.17, 15) is 9.90 Å². The minimum atomic E-state index is -0.607. The first-order valence-corrected chi connectivity index (χ1v) is 6.11. The monoisotopic (exact) mass is 242 g/mol. The summed E-state index contributed by atoms with van der Waals surface area (Å²) < 4.78 is 5.26. The summed E-state index contributed by atoms with van der Waals surface area (Å²) in [4.78, 5) is 15.8. The van der Waals surface area contributed by atoms with Crippen LogP contribution in [0.1, 0.15) is 31.6 Å². The van der Waals surface area contributed by atoms with Crippen LogP contribution >= 0.6 is 11.3 Å². The molecule has 2 unspecified atom stereocenters. The first-order valence-electron chi connectivity index (χ1n) is 5.23. The zero-order chi connectivity index (χ0) is 11.5. The van der Waals surface area contributed by atoms with E-state index in [1.165, 1.54) is 11.3 Å². The summed E-state index contributed by atoms with van der Waals surface area (Å²) in [6.45, 7) is 2.29. The quantitative estimate of drug-likeness (QED) is 0.838. The number of amides is 1. The van der Waals surface area contributed by atoms with Gasteiger partial charge in [0, 0.05) is 12.0 Å². The molecule has 16 heavy (non-hydrogen) atoms. The largest absolute Gasteiger partial charge is 0.387 e. The number of aliphatic hydroxyl groups is 1. The van der Waals surface area contributed by atoms with Crippen molar-refractivity contribution in [3.63, 3.8) is 0 Å². The average molecular weight is 242 g/mol. The number of nitrogens with zero attached hydrogens (tertiary/aromatic N) is 1. The lowest BCUT2D eigenvalue weighted by atomic mass is 10.2. The molecule has 1 aliphatic rings. The fraction of sp³-hybridized carbons (Fsp3) is 0.600. The Labute approximate surface area is 97.5 Å². The van der Waals surface area contributed by atoms with Gasteiger partial charge in [-0.25, -0.2) is 4.98 Å². The number of hydrogen-bond donors (Lipinski definition) is 2. The van der Waals surface area contributed by atoms with Crippen molar-refractivity contribution in [1.29, 1.82) is 0 Å². The van der Waals surface area contributed by atoms with Crippen molar-refractivity contribution in [2.75, 3.05) is 11.9 Å². The zero-order valence-electron chi connectivity index (χ0n) is 8.97. The average Bonchev–Trinajstić information content (AvgIpc) is 2.87. The van der Waals surface area contributed by atoms with Crippen molar-refractivity contribution in [2.24, 2.45) is 0 Å². The Morgan fingerprint density at radius 3 is 3.19 bits per heavy atom. The third-order valence-electron chi connectivity index (χ3n) is 2.40. The van der Waals surface area contributed by atoms with Crippen molar-refractivity contribution in [2.45, 2.75) is 32.0 Å². The highest BCUT2D eigenvalue weighted by atomic mass is 32.1. The van der Waals surface area contributed by atoms with Gasteiger partial charge in [-0.2, -0.15) is 0 Å². The minimum absolute atomic E-state index is 0.149. The molecule has 2 atom stereocenters. The van der Waals surface area contributed by atoms with Crippen molar-refractivity contribution in [3.8, 4) is 0 Å². The van der Waals surface area contributed by atoms with E-state index in [1.807, 2.05) is 0 Å². The molecule has 5 nitrogen and oxygen atoms in total. The molecule has 6 heteroatoms. The van der Waals surface area contributed by atoms with Crippen LogP contribution in [-0.2, 0) is 9.53 Å². The summed E-state index contributed by atoms with van der Waals surface area (Å²) in [5.74, 6) is -0.149. The molecule has 2 heterocycles. The van der Waals surface area contributed by atoms with Gasteiger partial charge in [-0.05, 0) is 19.8 Å². The summed E-state index contributed by atoms with van der Waals surface area (Å²) in [6.07, 6.45) is 0.735. The predicted octanol–water partition coefficient (Wildman–Crippen LogP) is 1.31. The van der Waals surface area contributed by atoms with Gasteiger partial charge < -0.3 is 9.84 Å². The van der Waals surface area contributed by atoms with Gasteiger partial charge in [0.1, 0.15) is 6.10 Å².